The van der Waals surface area contributed by atoms with Gasteiger partial charge in [-0.05, 0) is 51.5 Å². The summed E-state index contributed by atoms with van der Waals surface area (Å²) in [6.07, 6.45) is 6.59. The molecule has 0 radical (unpaired) electrons. The number of carbonyl (C=O) groups is 1. The number of fused-ring (bicyclic) bond motifs is 1. The van der Waals surface area contributed by atoms with E-state index in [0.717, 1.165) is 43.5 Å². The maximum absolute atomic E-state index is 12.5. The fraction of sp³-hybridized carbons (Fsp3) is 0.529. The third-order valence-corrected chi connectivity index (χ3v) is 5.74. The Morgan fingerprint density at radius 3 is 2.88 bits per heavy atom. The molecule has 0 aliphatic heterocycles. The molecule has 7 heteroatoms. The molecule has 4 rings (SSSR count). The van der Waals surface area contributed by atoms with E-state index < -0.39 is 6.04 Å². The first-order chi connectivity index (χ1) is 11.6. The monoisotopic (exact) mass is 344 g/mol. The number of aromatic nitrogens is 3. The van der Waals surface area contributed by atoms with Gasteiger partial charge in [-0.25, -0.2) is 9.67 Å². The van der Waals surface area contributed by atoms with Gasteiger partial charge in [0.1, 0.15) is 6.04 Å². The highest BCUT2D eigenvalue weighted by molar-refractivity contribution is 7.15. The van der Waals surface area contributed by atoms with Gasteiger partial charge < -0.3 is 5.32 Å². The van der Waals surface area contributed by atoms with Crippen LogP contribution >= 0.6 is 11.3 Å². The van der Waals surface area contributed by atoms with E-state index >= 15 is 0 Å². The summed E-state index contributed by atoms with van der Waals surface area (Å²) < 4.78 is 1.29. The molecule has 1 saturated carbocycles. The lowest BCUT2D eigenvalue weighted by molar-refractivity contribution is -0.119. The molecule has 1 atom stereocenters. The van der Waals surface area contributed by atoms with Crippen LogP contribution in [0.4, 0.5) is 5.13 Å². The number of aryl methyl sites for hydroxylation is 2. The highest BCUT2D eigenvalue weighted by Gasteiger charge is 2.27. The lowest BCUT2D eigenvalue weighted by Crippen LogP contribution is -2.33. The summed E-state index contributed by atoms with van der Waals surface area (Å²) in [5.74, 6) is 0.196. The molecule has 1 fully saturated rings. The molecule has 2 aromatic rings. The van der Waals surface area contributed by atoms with Crippen molar-refractivity contribution in [3.05, 3.63) is 38.8 Å². The van der Waals surface area contributed by atoms with Crippen molar-refractivity contribution in [3.63, 3.8) is 0 Å². The molecule has 2 heterocycles. The predicted octanol–water partition coefficient (Wildman–Crippen LogP) is 2.66. The van der Waals surface area contributed by atoms with Gasteiger partial charge in [-0.2, -0.15) is 5.10 Å². The van der Waals surface area contributed by atoms with Gasteiger partial charge >= 0.3 is 0 Å². The van der Waals surface area contributed by atoms with Crippen LogP contribution in [0, 0.1) is 0 Å². The van der Waals surface area contributed by atoms with Crippen molar-refractivity contribution in [1.82, 2.24) is 14.8 Å². The fourth-order valence-electron chi connectivity index (χ4n) is 3.04. The molecule has 0 saturated heterocycles. The zero-order valence-electron chi connectivity index (χ0n) is 13.6. The molecule has 1 N–H and O–H groups in total. The first-order valence-electron chi connectivity index (χ1n) is 8.51. The average molecular weight is 344 g/mol. The maximum atomic E-state index is 12.5. The van der Waals surface area contributed by atoms with Crippen molar-refractivity contribution in [2.24, 2.45) is 0 Å². The number of nitrogens with zero attached hydrogens (tertiary/aromatic N) is 3. The molecule has 1 unspecified atom stereocenters. The Morgan fingerprint density at radius 2 is 2.12 bits per heavy atom. The van der Waals surface area contributed by atoms with Crippen LogP contribution in [-0.4, -0.2) is 20.7 Å². The summed E-state index contributed by atoms with van der Waals surface area (Å²) in [7, 11) is 0. The van der Waals surface area contributed by atoms with Crippen LogP contribution in [0.2, 0.25) is 0 Å². The van der Waals surface area contributed by atoms with E-state index in [2.05, 4.69) is 15.4 Å². The normalized spacial score (nSPS) is 18.0. The minimum absolute atomic E-state index is 0.247. The van der Waals surface area contributed by atoms with Crippen molar-refractivity contribution in [2.75, 3.05) is 5.32 Å². The smallest absolute Gasteiger partial charge is 0.267 e. The minimum atomic E-state index is -0.655. The first kappa shape index (κ1) is 15.5. The van der Waals surface area contributed by atoms with Crippen LogP contribution in [-0.2, 0) is 17.6 Å². The molecular weight excluding hydrogens is 324 g/mol. The van der Waals surface area contributed by atoms with Gasteiger partial charge in [-0.1, -0.05) is 0 Å². The van der Waals surface area contributed by atoms with E-state index in [9.17, 15) is 9.59 Å². The van der Waals surface area contributed by atoms with Gasteiger partial charge in [-0.15, -0.1) is 11.3 Å². The molecule has 0 aromatic carbocycles. The second kappa shape index (κ2) is 6.12. The Morgan fingerprint density at radius 1 is 1.33 bits per heavy atom. The Balaban J connectivity index is 1.52. The number of hydrogen-bond donors (Lipinski definition) is 1. The van der Waals surface area contributed by atoms with Crippen molar-refractivity contribution in [3.8, 4) is 0 Å². The summed E-state index contributed by atoms with van der Waals surface area (Å²) in [4.78, 5) is 30.4. The first-order valence-corrected chi connectivity index (χ1v) is 9.32. The van der Waals surface area contributed by atoms with Crippen LogP contribution in [0.5, 0.6) is 0 Å². The topological polar surface area (TPSA) is 76.9 Å². The van der Waals surface area contributed by atoms with Crippen LogP contribution in [0.15, 0.2) is 16.9 Å². The molecular formula is C17H20N4O2S. The van der Waals surface area contributed by atoms with E-state index in [1.54, 1.807) is 24.3 Å². The third kappa shape index (κ3) is 3.00. The van der Waals surface area contributed by atoms with Crippen LogP contribution in [0.1, 0.15) is 60.8 Å². The summed E-state index contributed by atoms with van der Waals surface area (Å²) in [5.41, 5.74) is 1.76. The molecule has 2 aliphatic carbocycles. The Bertz CT molecular complexity index is 814. The standard InChI is InChI=1S/C17H20N4O2S/c1-10(21-15(22)9-8-12(20-21)11-6-7-11)16(23)19-17-18-13-4-2-3-5-14(13)24-17/h8-11H,2-7H2,1H3,(H,18,19,23). The van der Waals surface area contributed by atoms with Crippen LogP contribution < -0.4 is 10.9 Å². The van der Waals surface area contributed by atoms with Crippen LogP contribution in [0.3, 0.4) is 0 Å². The maximum Gasteiger partial charge on any atom is 0.267 e. The quantitative estimate of drug-likeness (QED) is 0.925. The Hall–Kier alpha value is -2.02. The summed E-state index contributed by atoms with van der Waals surface area (Å²) in [5, 5.41) is 7.88. The number of rotatable bonds is 4. The number of nitrogens with one attached hydrogen (secondary N) is 1. The van der Waals surface area contributed by atoms with Gasteiger partial charge in [0.25, 0.3) is 11.5 Å². The molecule has 2 aromatic heterocycles. The third-order valence-electron chi connectivity index (χ3n) is 4.66. The molecule has 0 spiro atoms. The van der Waals surface area contributed by atoms with Gasteiger partial charge in [0, 0.05) is 16.9 Å². The van der Waals surface area contributed by atoms with Crippen molar-refractivity contribution in [1.29, 1.82) is 0 Å². The summed E-state index contributed by atoms with van der Waals surface area (Å²) in [6, 6.07) is 2.62. The van der Waals surface area contributed by atoms with Gasteiger partial charge in [0.2, 0.25) is 0 Å². The zero-order chi connectivity index (χ0) is 16.7. The molecule has 6 nitrogen and oxygen atoms in total. The number of hydrogen-bond acceptors (Lipinski definition) is 5. The van der Waals surface area contributed by atoms with Crippen molar-refractivity contribution < 1.29 is 4.79 Å². The zero-order valence-corrected chi connectivity index (χ0v) is 14.4. The molecule has 24 heavy (non-hydrogen) atoms. The second-order valence-corrected chi connectivity index (χ2v) is 7.66. The number of carbonyl (C=O) groups excluding carboxylic acids is 1. The fourth-order valence-corrected chi connectivity index (χ4v) is 4.09. The largest absolute Gasteiger partial charge is 0.300 e. The molecule has 1 amide bonds. The number of thiazole rings is 1. The Labute approximate surface area is 143 Å². The van der Waals surface area contributed by atoms with E-state index in [-0.39, 0.29) is 11.5 Å². The predicted molar refractivity (Wildman–Crippen MR) is 92.6 cm³/mol. The van der Waals surface area contributed by atoms with Gasteiger partial charge in [0.15, 0.2) is 5.13 Å². The highest BCUT2D eigenvalue weighted by atomic mass is 32.1. The molecule has 0 bridgehead atoms. The van der Waals surface area contributed by atoms with E-state index in [1.807, 2.05) is 0 Å². The second-order valence-electron chi connectivity index (χ2n) is 6.58. The highest BCUT2D eigenvalue weighted by Crippen LogP contribution is 2.38. The van der Waals surface area contributed by atoms with Crippen molar-refractivity contribution in [2.45, 2.75) is 57.4 Å². The molecule has 126 valence electrons. The van der Waals surface area contributed by atoms with Crippen LogP contribution in [0.25, 0.3) is 0 Å². The van der Waals surface area contributed by atoms with Gasteiger partial charge in [0.05, 0.1) is 11.4 Å². The van der Waals surface area contributed by atoms with E-state index in [1.165, 1.54) is 22.0 Å². The number of anilines is 1. The van der Waals surface area contributed by atoms with E-state index in [4.69, 9.17) is 0 Å². The van der Waals surface area contributed by atoms with E-state index in [0.29, 0.717) is 11.0 Å². The van der Waals surface area contributed by atoms with Crippen molar-refractivity contribution >= 4 is 22.4 Å². The summed E-state index contributed by atoms with van der Waals surface area (Å²) in [6.45, 7) is 1.70. The lowest BCUT2D eigenvalue weighted by atomic mass is 10.0. The number of amides is 1. The summed E-state index contributed by atoms with van der Waals surface area (Å²) >= 11 is 1.55. The lowest BCUT2D eigenvalue weighted by Gasteiger charge is -2.13. The average Bonchev–Trinajstić information content (AvgIpc) is 3.34. The SMILES string of the molecule is CC(C(=O)Nc1nc2c(s1)CCCC2)n1nc(C2CC2)ccc1=O. The van der Waals surface area contributed by atoms with Gasteiger partial charge in [-0.3, -0.25) is 9.59 Å². The minimum Gasteiger partial charge on any atom is -0.300 e. The Kier molecular flexibility index (Phi) is 3.96. The molecule has 2 aliphatic rings.